The third kappa shape index (κ3) is 7.33. The zero-order chi connectivity index (χ0) is 22.3. The molecule has 10 heteroatoms. The molecule has 1 unspecified atom stereocenters. The third-order valence-corrected chi connectivity index (χ3v) is 9.06. The van der Waals surface area contributed by atoms with E-state index in [1.54, 1.807) is 18.2 Å². The van der Waals surface area contributed by atoms with Gasteiger partial charge in [-0.1, -0.05) is 47.8 Å². The minimum atomic E-state index is -2.98. The van der Waals surface area contributed by atoms with Gasteiger partial charge in [0.2, 0.25) is 0 Å². The minimum absolute atomic E-state index is 0.171. The smallest absolute Gasteiger partial charge is 0.333 e. The Balaban J connectivity index is 2.46. The van der Waals surface area contributed by atoms with Gasteiger partial charge in [-0.05, 0) is 60.4 Å². The summed E-state index contributed by atoms with van der Waals surface area (Å²) in [5.74, 6) is 0.00990. The van der Waals surface area contributed by atoms with Crippen LogP contribution in [0.25, 0.3) is 0 Å². The molecular weight excluding hydrogens is 482 g/mol. The fraction of sp³-hybridized carbons (Fsp3) is 0.200. The van der Waals surface area contributed by atoms with E-state index in [4.69, 9.17) is 50.0 Å². The first-order valence-corrected chi connectivity index (χ1v) is 13.7. The maximum absolute atomic E-state index is 11.7. The van der Waals surface area contributed by atoms with Crippen molar-refractivity contribution in [3.63, 3.8) is 0 Å². The van der Waals surface area contributed by atoms with E-state index in [0.29, 0.717) is 27.8 Å². The van der Waals surface area contributed by atoms with Crippen LogP contribution in [0.3, 0.4) is 0 Å². The first kappa shape index (κ1) is 24.8. The van der Waals surface area contributed by atoms with Gasteiger partial charge in [0.1, 0.15) is 11.6 Å². The van der Waals surface area contributed by atoms with Gasteiger partial charge in [0, 0.05) is 16.9 Å². The van der Waals surface area contributed by atoms with E-state index in [1.165, 1.54) is 24.6 Å². The Hall–Kier alpha value is -1.50. The van der Waals surface area contributed by atoms with Crippen molar-refractivity contribution in [3.8, 4) is 0 Å². The van der Waals surface area contributed by atoms with E-state index in [-0.39, 0.29) is 5.84 Å². The molecule has 160 valence electrons. The lowest BCUT2D eigenvalue weighted by atomic mass is 10.2. The van der Waals surface area contributed by atoms with Crippen molar-refractivity contribution < 1.29 is 14.1 Å². The number of allylic oxidation sites excluding steroid dienone is 1. The Labute approximate surface area is 195 Å². The summed E-state index contributed by atoms with van der Waals surface area (Å²) in [4.78, 5) is 12.6. The Kier molecular flexibility index (Phi) is 9.26. The zero-order valence-corrected chi connectivity index (χ0v) is 20.6. The van der Waals surface area contributed by atoms with Crippen molar-refractivity contribution in [2.75, 3.05) is 7.11 Å². The molecule has 0 saturated heterocycles. The lowest BCUT2D eigenvalue weighted by Crippen LogP contribution is -2.13. The predicted molar refractivity (Wildman–Crippen MR) is 130 cm³/mol. The SMILES string of the molecule is CCC(=CC(=O)OC)OP(=S)(N=C(N)c1ccc(Cl)c(Cl)c1)Sc1ccc(C)cc1. The molecule has 0 aromatic heterocycles. The highest BCUT2D eigenvalue weighted by molar-refractivity contribution is 8.69. The average molecular weight is 503 g/mol. The van der Waals surface area contributed by atoms with Gasteiger partial charge < -0.3 is 15.0 Å². The number of halogens is 2. The number of carbonyl (C=O) groups is 1. The molecule has 30 heavy (non-hydrogen) atoms. The average Bonchev–Trinajstić information content (AvgIpc) is 2.70. The molecule has 0 aliphatic rings. The quantitative estimate of drug-likeness (QED) is 0.111. The molecule has 0 bridgehead atoms. The number of esters is 1. The maximum Gasteiger partial charge on any atom is 0.333 e. The molecule has 2 aromatic carbocycles. The lowest BCUT2D eigenvalue weighted by Gasteiger charge is -2.20. The third-order valence-electron chi connectivity index (χ3n) is 3.75. The number of carbonyl (C=O) groups excluding carboxylic acids is 1. The van der Waals surface area contributed by atoms with Crippen LogP contribution < -0.4 is 5.73 Å². The van der Waals surface area contributed by atoms with E-state index < -0.39 is 11.6 Å². The standard InChI is InChI=1S/C20H21Cl2N2O3PS2/c1-4-15(12-19(25)26-3)27-28(29,30-16-8-5-13(2)6-9-16)24-20(23)14-7-10-17(21)18(22)11-14/h5-12H,4H2,1-3H3,(H2,23,24,29). The topological polar surface area (TPSA) is 73.9 Å². The second-order valence-corrected chi connectivity index (χ2v) is 13.1. The van der Waals surface area contributed by atoms with Gasteiger partial charge in [-0.25, -0.2) is 4.79 Å². The van der Waals surface area contributed by atoms with Gasteiger partial charge in [-0.15, -0.1) is 0 Å². The molecule has 0 saturated carbocycles. The molecule has 0 spiro atoms. The maximum atomic E-state index is 11.7. The number of amidine groups is 1. The summed E-state index contributed by atoms with van der Waals surface area (Å²) < 4.78 is 15.3. The van der Waals surface area contributed by atoms with Crippen LogP contribution in [0.15, 0.2) is 64.0 Å². The summed E-state index contributed by atoms with van der Waals surface area (Å²) in [6, 6.07) is 12.8. The summed E-state index contributed by atoms with van der Waals surface area (Å²) in [6.07, 6.45) is 1.70. The van der Waals surface area contributed by atoms with E-state index >= 15 is 0 Å². The van der Waals surface area contributed by atoms with Crippen molar-refractivity contribution in [1.29, 1.82) is 0 Å². The number of benzene rings is 2. The first-order valence-electron chi connectivity index (χ1n) is 8.81. The van der Waals surface area contributed by atoms with Gasteiger partial charge in [0.15, 0.2) is 0 Å². The van der Waals surface area contributed by atoms with Crippen molar-refractivity contribution in [2.45, 2.75) is 25.2 Å². The van der Waals surface area contributed by atoms with Crippen molar-refractivity contribution in [1.82, 2.24) is 0 Å². The van der Waals surface area contributed by atoms with Crippen LogP contribution in [-0.2, 0) is 25.9 Å². The normalized spacial score (nSPS) is 14.2. The molecule has 5 nitrogen and oxygen atoms in total. The molecule has 2 N–H and O–H groups in total. The number of hydrogen-bond donors (Lipinski definition) is 1. The van der Waals surface area contributed by atoms with Crippen LogP contribution in [0.1, 0.15) is 24.5 Å². The van der Waals surface area contributed by atoms with Gasteiger partial charge in [0.05, 0.1) is 23.2 Å². The van der Waals surface area contributed by atoms with Crippen LogP contribution in [0, 0.1) is 6.92 Å². The van der Waals surface area contributed by atoms with Crippen LogP contribution in [0.4, 0.5) is 0 Å². The molecule has 1 atom stereocenters. The molecule has 2 rings (SSSR count). The summed E-state index contributed by atoms with van der Waals surface area (Å²) in [5, 5.41) is 0.764. The van der Waals surface area contributed by atoms with E-state index in [9.17, 15) is 4.79 Å². The number of nitrogens with zero attached hydrogens (tertiary/aromatic N) is 1. The van der Waals surface area contributed by atoms with E-state index in [1.807, 2.05) is 38.1 Å². The van der Waals surface area contributed by atoms with Crippen LogP contribution in [0.5, 0.6) is 0 Å². The largest absolute Gasteiger partial charge is 0.466 e. The van der Waals surface area contributed by atoms with Gasteiger partial charge >= 0.3 is 5.97 Å². The van der Waals surface area contributed by atoms with Gasteiger partial charge in [0.25, 0.3) is 5.62 Å². The summed E-state index contributed by atoms with van der Waals surface area (Å²) in [6.45, 7) is 3.84. The van der Waals surface area contributed by atoms with Crippen molar-refractivity contribution >= 4 is 63.8 Å². The fourth-order valence-electron chi connectivity index (χ4n) is 2.17. The molecule has 0 fully saturated rings. The molecular formula is C20H21Cl2N2O3PS2. The fourth-order valence-corrected chi connectivity index (χ4v) is 7.24. The lowest BCUT2D eigenvalue weighted by molar-refractivity contribution is -0.135. The minimum Gasteiger partial charge on any atom is -0.466 e. The van der Waals surface area contributed by atoms with Gasteiger partial charge in [-0.2, -0.15) is 4.76 Å². The Bertz CT molecular complexity index is 1030. The monoisotopic (exact) mass is 502 g/mol. The number of ether oxygens (including phenoxy) is 1. The van der Waals surface area contributed by atoms with Crippen molar-refractivity contribution in [3.05, 3.63) is 75.5 Å². The highest BCUT2D eigenvalue weighted by Gasteiger charge is 2.23. The number of aryl methyl sites for hydroxylation is 1. The molecule has 0 aliphatic heterocycles. The Morgan fingerprint density at radius 2 is 1.90 bits per heavy atom. The first-order chi connectivity index (χ1) is 14.2. The second-order valence-electron chi connectivity index (χ2n) is 6.07. The molecule has 0 radical (unpaired) electrons. The van der Waals surface area contributed by atoms with Crippen LogP contribution >= 0.6 is 40.2 Å². The molecule has 0 heterocycles. The number of methoxy groups -OCH3 is 1. The summed E-state index contributed by atoms with van der Waals surface area (Å²) >= 11 is 19.2. The van der Waals surface area contributed by atoms with E-state index in [0.717, 1.165) is 10.5 Å². The highest BCUT2D eigenvalue weighted by Crippen LogP contribution is 2.66. The number of nitrogens with two attached hydrogens (primary N) is 1. The molecule has 0 aliphatic carbocycles. The molecule has 2 aromatic rings. The second kappa shape index (κ2) is 11.2. The number of hydrogen-bond acceptors (Lipinski definition) is 5. The van der Waals surface area contributed by atoms with E-state index in [2.05, 4.69) is 4.76 Å². The highest BCUT2D eigenvalue weighted by atomic mass is 35.5. The van der Waals surface area contributed by atoms with Crippen LogP contribution in [0.2, 0.25) is 10.0 Å². The number of rotatable bonds is 8. The van der Waals surface area contributed by atoms with Gasteiger partial charge in [-0.3, -0.25) is 0 Å². The van der Waals surface area contributed by atoms with Crippen LogP contribution in [-0.4, -0.2) is 18.9 Å². The Morgan fingerprint density at radius 1 is 1.23 bits per heavy atom. The zero-order valence-electron chi connectivity index (χ0n) is 16.6. The summed E-state index contributed by atoms with van der Waals surface area (Å²) in [7, 11) is 1.30. The Morgan fingerprint density at radius 3 is 2.47 bits per heavy atom. The predicted octanol–water partition coefficient (Wildman–Crippen LogP) is 6.51. The summed E-state index contributed by atoms with van der Waals surface area (Å²) in [5.41, 5.74) is 4.93. The van der Waals surface area contributed by atoms with Crippen molar-refractivity contribution in [2.24, 2.45) is 10.5 Å². The molecule has 0 amide bonds.